The van der Waals surface area contributed by atoms with Crippen molar-refractivity contribution in [2.45, 2.75) is 39.3 Å². The summed E-state index contributed by atoms with van der Waals surface area (Å²) in [6.45, 7) is 5.23. The highest BCUT2D eigenvalue weighted by atomic mass is 16.2. The van der Waals surface area contributed by atoms with Gasteiger partial charge in [0.15, 0.2) is 5.82 Å². The first kappa shape index (κ1) is 19.1. The van der Waals surface area contributed by atoms with Crippen molar-refractivity contribution >= 4 is 11.8 Å². The number of likely N-dealkylation sites (tertiary alicyclic amines) is 1. The average molecular weight is 369 g/mol. The largest absolute Gasteiger partial charge is 0.337 e. The summed E-state index contributed by atoms with van der Waals surface area (Å²) in [5, 5.41) is 8.04. The van der Waals surface area contributed by atoms with Crippen molar-refractivity contribution in [1.82, 2.24) is 24.6 Å². The first-order valence-electron chi connectivity index (χ1n) is 9.38. The van der Waals surface area contributed by atoms with E-state index in [1.54, 1.807) is 23.2 Å². The molecule has 2 aromatic rings. The molecule has 27 heavy (non-hydrogen) atoms. The van der Waals surface area contributed by atoms with E-state index < -0.39 is 0 Å². The second kappa shape index (κ2) is 8.33. The van der Waals surface area contributed by atoms with Crippen LogP contribution in [-0.2, 0) is 22.6 Å². The maximum Gasteiger partial charge on any atom is 0.242 e. The van der Waals surface area contributed by atoms with E-state index in [4.69, 9.17) is 0 Å². The molecule has 3 rings (SSSR count). The van der Waals surface area contributed by atoms with Gasteiger partial charge < -0.3 is 14.4 Å². The molecule has 1 aromatic heterocycles. The third-order valence-electron chi connectivity index (χ3n) is 5.00. The lowest BCUT2D eigenvalue weighted by molar-refractivity contribution is -0.137. The van der Waals surface area contributed by atoms with Gasteiger partial charge >= 0.3 is 0 Å². The molecule has 0 bridgehead atoms. The molecule has 1 fully saturated rings. The van der Waals surface area contributed by atoms with E-state index in [0.717, 1.165) is 12.2 Å². The fourth-order valence-corrected chi connectivity index (χ4v) is 3.49. The maximum absolute atomic E-state index is 12.6. The Labute approximate surface area is 160 Å². The molecule has 0 N–H and O–H groups in total. The number of nitrogens with zero attached hydrogens (tertiary/aromatic N) is 5. The van der Waals surface area contributed by atoms with Gasteiger partial charge in [-0.15, -0.1) is 10.2 Å². The molecule has 2 amide bonds. The fraction of sp³-hybridized carbons (Fsp3) is 0.500. The lowest BCUT2D eigenvalue weighted by atomic mass is 9.99. The highest BCUT2D eigenvalue weighted by Crippen LogP contribution is 2.22. The monoisotopic (exact) mass is 369 g/mol. The molecule has 144 valence electrons. The van der Waals surface area contributed by atoms with E-state index in [-0.39, 0.29) is 30.3 Å². The van der Waals surface area contributed by atoms with Crippen LogP contribution in [0.25, 0.3) is 0 Å². The molecule has 1 aliphatic heterocycles. The van der Waals surface area contributed by atoms with Gasteiger partial charge in [-0.05, 0) is 31.7 Å². The summed E-state index contributed by atoms with van der Waals surface area (Å²) in [6.07, 6.45) is 3.05. The SMILES string of the molecule is CC(C)n1cnnc1CN(C)C(=O)CN1CC(Cc2ccccc2)CC1=O. The zero-order chi connectivity index (χ0) is 19.4. The van der Waals surface area contributed by atoms with Gasteiger partial charge in [-0.2, -0.15) is 0 Å². The molecule has 7 heteroatoms. The molecule has 1 aliphatic rings. The molecular formula is C20H27N5O2. The Morgan fingerprint density at radius 3 is 2.74 bits per heavy atom. The second-order valence-corrected chi connectivity index (χ2v) is 7.53. The van der Waals surface area contributed by atoms with Crippen LogP contribution in [0.5, 0.6) is 0 Å². The van der Waals surface area contributed by atoms with Gasteiger partial charge in [0.05, 0.1) is 13.1 Å². The quantitative estimate of drug-likeness (QED) is 0.747. The number of hydrogen-bond acceptors (Lipinski definition) is 4. The Kier molecular flexibility index (Phi) is 5.88. The molecule has 0 saturated carbocycles. The van der Waals surface area contributed by atoms with E-state index >= 15 is 0 Å². The number of rotatable bonds is 7. The lowest BCUT2D eigenvalue weighted by Gasteiger charge is -2.22. The summed E-state index contributed by atoms with van der Waals surface area (Å²) in [5.41, 5.74) is 1.23. The predicted octanol–water partition coefficient (Wildman–Crippen LogP) is 1.91. The number of carbonyl (C=O) groups is 2. The van der Waals surface area contributed by atoms with Crippen LogP contribution in [0.2, 0.25) is 0 Å². The van der Waals surface area contributed by atoms with E-state index in [1.165, 1.54) is 5.56 Å². The first-order chi connectivity index (χ1) is 12.9. The molecule has 0 spiro atoms. The fourth-order valence-electron chi connectivity index (χ4n) is 3.49. The average Bonchev–Trinajstić information content (AvgIpc) is 3.22. The van der Waals surface area contributed by atoms with Crippen molar-refractivity contribution in [2.75, 3.05) is 20.1 Å². The molecule has 2 heterocycles. The minimum atomic E-state index is -0.0815. The third kappa shape index (κ3) is 4.72. The van der Waals surface area contributed by atoms with Gasteiger partial charge in [-0.1, -0.05) is 30.3 Å². The summed E-state index contributed by atoms with van der Waals surface area (Å²) < 4.78 is 1.95. The van der Waals surface area contributed by atoms with Gasteiger partial charge in [0.2, 0.25) is 11.8 Å². The van der Waals surface area contributed by atoms with E-state index in [1.807, 2.05) is 36.6 Å². The normalized spacial score (nSPS) is 17.0. The van der Waals surface area contributed by atoms with Crippen molar-refractivity contribution in [3.8, 4) is 0 Å². The summed E-state index contributed by atoms with van der Waals surface area (Å²) in [5.74, 6) is 0.989. The zero-order valence-electron chi connectivity index (χ0n) is 16.2. The topological polar surface area (TPSA) is 71.3 Å². The Bertz CT molecular complexity index is 787. The van der Waals surface area contributed by atoms with Crippen LogP contribution >= 0.6 is 0 Å². The van der Waals surface area contributed by atoms with Crippen LogP contribution in [0.3, 0.4) is 0 Å². The standard InChI is InChI=1S/C20H27N5O2/c1-15(2)25-14-21-22-18(25)12-23(3)20(27)13-24-11-17(10-19(24)26)9-16-7-5-4-6-8-16/h4-8,14-15,17H,9-13H2,1-3H3. The van der Waals surface area contributed by atoms with Crippen LogP contribution in [0.4, 0.5) is 0 Å². The Hall–Kier alpha value is -2.70. The van der Waals surface area contributed by atoms with Crippen molar-refractivity contribution < 1.29 is 9.59 Å². The number of hydrogen-bond donors (Lipinski definition) is 0. The number of benzene rings is 1. The van der Waals surface area contributed by atoms with E-state index in [2.05, 4.69) is 22.3 Å². The summed E-state index contributed by atoms with van der Waals surface area (Å²) >= 11 is 0. The molecule has 1 aromatic carbocycles. The van der Waals surface area contributed by atoms with Crippen LogP contribution < -0.4 is 0 Å². The smallest absolute Gasteiger partial charge is 0.242 e. The zero-order valence-corrected chi connectivity index (χ0v) is 16.2. The van der Waals surface area contributed by atoms with Crippen LogP contribution in [0, 0.1) is 5.92 Å². The molecule has 1 unspecified atom stereocenters. The maximum atomic E-state index is 12.6. The highest BCUT2D eigenvalue weighted by Gasteiger charge is 2.31. The van der Waals surface area contributed by atoms with Gasteiger partial charge in [-0.3, -0.25) is 9.59 Å². The highest BCUT2D eigenvalue weighted by molar-refractivity contribution is 5.86. The summed E-state index contributed by atoms with van der Waals surface area (Å²) in [7, 11) is 1.74. The van der Waals surface area contributed by atoms with Gasteiger partial charge in [0.1, 0.15) is 6.33 Å². The van der Waals surface area contributed by atoms with Crippen LogP contribution in [0.1, 0.15) is 37.7 Å². The Balaban J connectivity index is 1.54. The minimum Gasteiger partial charge on any atom is -0.337 e. The molecular weight excluding hydrogens is 342 g/mol. The molecule has 0 radical (unpaired) electrons. The number of carbonyl (C=O) groups excluding carboxylic acids is 2. The lowest BCUT2D eigenvalue weighted by Crippen LogP contribution is -2.39. The van der Waals surface area contributed by atoms with Crippen LogP contribution in [0.15, 0.2) is 36.7 Å². The summed E-state index contributed by atoms with van der Waals surface area (Å²) in [4.78, 5) is 28.2. The van der Waals surface area contributed by atoms with Gasteiger partial charge in [0, 0.05) is 26.1 Å². The molecule has 1 atom stereocenters. The van der Waals surface area contributed by atoms with Crippen molar-refractivity contribution in [3.05, 3.63) is 48.0 Å². The van der Waals surface area contributed by atoms with Crippen molar-refractivity contribution in [1.29, 1.82) is 0 Å². The van der Waals surface area contributed by atoms with Gasteiger partial charge in [-0.25, -0.2) is 0 Å². The summed E-state index contributed by atoms with van der Waals surface area (Å²) in [6, 6.07) is 10.4. The second-order valence-electron chi connectivity index (χ2n) is 7.53. The number of aromatic nitrogens is 3. The van der Waals surface area contributed by atoms with Gasteiger partial charge in [0.25, 0.3) is 0 Å². The molecule has 1 saturated heterocycles. The Morgan fingerprint density at radius 2 is 2.04 bits per heavy atom. The van der Waals surface area contributed by atoms with Crippen molar-refractivity contribution in [2.24, 2.45) is 5.92 Å². The van der Waals surface area contributed by atoms with Crippen LogP contribution in [-0.4, -0.2) is 56.5 Å². The molecule has 0 aliphatic carbocycles. The minimum absolute atomic E-state index is 0.0584. The van der Waals surface area contributed by atoms with E-state index in [0.29, 0.717) is 19.5 Å². The number of likely N-dealkylation sites (N-methyl/N-ethyl adjacent to an activating group) is 1. The Morgan fingerprint density at radius 1 is 1.30 bits per heavy atom. The predicted molar refractivity (Wildman–Crippen MR) is 102 cm³/mol. The third-order valence-corrected chi connectivity index (χ3v) is 5.00. The number of amides is 2. The van der Waals surface area contributed by atoms with Crippen molar-refractivity contribution in [3.63, 3.8) is 0 Å². The van der Waals surface area contributed by atoms with E-state index in [9.17, 15) is 9.59 Å². The molecule has 7 nitrogen and oxygen atoms in total. The first-order valence-corrected chi connectivity index (χ1v) is 9.38.